The van der Waals surface area contributed by atoms with Crippen LogP contribution in [0.4, 0.5) is 0 Å². The average Bonchev–Trinajstić information content (AvgIpc) is 2.68. The lowest BCUT2D eigenvalue weighted by Gasteiger charge is -2.17. The summed E-state index contributed by atoms with van der Waals surface area (Å²) in [5.74, 6) is -0.146. The molecule has 1 heterocycles. The second-order valence-electron chi connectivity index (χ2n) is 5.44. The molecule has 2 aromatic rings. The second-order valence-corrected chi connectivity index (χ2v) is 5.44. The lowest BCUT2D eigenvalue weighted by molar-refractivity contribution is 0.0889. The monoisotopic (exact) mass is 287 g/mol. The molecule has 0 aliphatic carbocycles. The molecule has 1 unspecified atom stereocenters. The normalized spacial score (nSPS) is 12.7. The van der Waals surface area contributed by atoms with Gasteiger partial charge in [0.15, 0.2) is 5.78 Å². The van der Waals surface area contributed by atoms with Gasteiger partial charge in [-0.2, -0.15) is 0 Å². The summed E-state index contributed by atoms with van der Waals surface area (Å²) in [5, 5.41) is 0. The number of nitrogens with zero attached hydrogens (tertiary/aromatic N) is 3. The Morgan fingerprint density at radius 3 is 2.29 bits per heavy atom. The number of benzene rings is 1. The zero-order valence-electron chi connectivity index (χ0n) is 13.1. The number of carbonyl (C=O) groups is 1. The van der Waals surface area contributed by atoms with Crippen LogP contribution >= 0.6 is 0 Å². The first-order valence-corrected chi connectivity index (χ1v) is 6.91. The molecule has 0 fully saturated rings. The topological polar surface area (TPSA) is 47.2 Å². The number of rotatable bonds is 4. The minimum Gasteiger partial charge on any atom is -0.300 e. The van der Waals surface area contributed by atoms with Crippen LogP contribution in [0.5, 0.6) is 0 Å². The van der Waals surface area contributed by atoms with Gasteiger partial charge in [-0.25, -0.2) is 4.68 Å². The van der Waals surface area contributed by atoms with Crippen LogP contribution in [0.1, 0.15) is 23.0 Å². The highest BCUT2D eigenvalue weighted by Crippen LogP contribution is 2.12. The number of hydrogen-bond acceptors (Lipinski definition) is 3. The van der Waals surface area contributed by atoms with Crippen LogP contribution in [0.25, 0.3) is 5.69 Å². The zero-order chi connectivity index (χ0) is 15.7. The van der Waals surface area contributed by atoms with Gasteiger partial charge in [0.05, 0.1) is 11.7 Å². The predicted molar refractivity (Wildman–Crippen MR) is 83.2 cm³/mol. The van der Waals surface area contributed by atoms with Crippen LogP contribution in [0.3, 0.4) is 0 Å². The van der Waals surface area contributed by atoms with E-state index in [1.165, 1.54) is 4.68 Å². The summed E-state index contributed by atoms with van der Waals surface area (Å²) in [6.45, 7) is 3.61. The summed E-state index contributed by atoms with van der Waals surface area (Å²) in [5.41, 5.74) is 1.44. The van der Waals surface area contributed by atoms with E-state index in [1.807, 2.05) is 44.4 Å². The summed E-state index contributed by atoms with van der Waals surface area (Å²) in [6.07, 6.45) is 0. The van der Waals surface area contributed by atoms with Gasteiger partial charge in [-0.3, -0.25) is 19.2 Å². The Morgan fingerprint density at radius 2 is 1.76 bits per heavy atom. The molecule has 0 aliphatic heterocycles. The average molecular weight is 287 g/mol. The molecule has 112 valence electrons. The molecule has 0 N–H and O–H groups in total. The van der Waals surface area contributed by atoms with Crippen molar-refractivity contribution in [2.45, 2.75) is 19.9 Å². The van der Waals surface area contributed by atoms with Crippen LogP contribution in [-0.4, -0.2) is 40.2 Å². The van der Waals surface area contributed by atoms with Gasteiger partial charge >= 0.3 is 0 Å². The molecule has 0 amide bonds. The summed E-state index contributed by atoms with van der Waals surface area (Å²) < 4.78 is 3.26. The van der Waals surface area contributed by atoms with Crippen LogP contribution in [0.15, 0.2) is 35.1 Å². The highest BCUT2D eigenvalue weighted by molar-refractivity contribution is 6.00. The van der Waals surface area contributed by atoms with Gasteiger partial charge in [0.2, 0.25) is 0 Å². The maximum Gasteiger partial charge on any atom is 0.282 e. The molecular formula is C16H21N3O2. The summed E-state index contributed by atoms with van der Waals surface area (Å²) in [7, 11) is 5.45. The maximum absolute atomic E-state index is 12.7. The standard InChI is InChI=1S/C16H21N3O2/c1-11-14(15(20)12(2)17(3)4)16(21)19(18(11)5)13-9-7-6-8-10-13/h6-10,12H,1-5H3. The minimum atomic E-state index is -0.331. The molecule has 0 bridgehead atoms. The molecule has 21 heavy (non-hydrogen) atoms. The number of Topliss-reactive ketones (excluding diaryl/α,β-unsaturated/α-hetero) is 1. The molecule has 0 aliphatic rings. The third kappa shape index (κ3) is 2.56. The molecule has 5 nitrogen and oxygen atoms in total. The SMILES string of the molecule is Cc1c(C(=O)C(C)N(C)C)c(=O)n(-c2ccccc2)n1C. The van der Waals surface area contributed by atoms with Gasteiger partial charge in [0, 0.05) is 12.7 Å². The van der Waals surface area contributed by atoms with Crippen molar-refractivity contribution < 1.29 is 4.79 Å². The third-order valence-corrected chi connectivity index (χ3v) is 3.95. The van der Waals surface area contributed by atoms with E-state index >= 15 is 0 Å². The third-order valence-electron chi connectivity index (χ3n) is 3.95. The van der Waals surface area contributed by atoms with E-state index in [9.17, 15) is 9.59 Å². The van der Waals surface area contributed by atoms with E-state index < -0.39 is 0 Å². The van der Waals surface area contributed by atoms with Gasteiger partial charge in [-0.15, -0.1) is 0 Å². The second kappa shape index (κ2) is 5.69. The molecule has 1 aromatic carbocycles. The van der Waals surface area contributed by atoms with E-state index in [0.29, 0.717) is 5.69 Å². The van der Waals surface area contributed by atoms with Crippen LogP contribution in [0.2, 0.25) is 0 Å². The van der Waals surface area contributed by atoms with Crippen molar-refractivity contribution in [3.63, 3.8) is 0 Å². The lowest BCUT2D eigenvalue weighted by Crippen LogP contribution is -2.36. The van der Waals surface area contributed by atoms with Crippen molar-refractivity contribution in [1.29, 1.82) is 0 Å². The Morgan fingerprint density at radius 1 is 1.19 bits per heavy atom. The summed E-state index contributed by atoms with van der Waals surface area (Å²) >= 11 is 0. The van der Waals surface area contributed by atoms with Crippen molar-refractivity contribution in [2.75, 3.05) is 14.1 Å². The molecule has 2 rings (SSSR count). The molecule has 0 spiro atoms. The number of hydrogen-bond donors (Lipinski definition) is 0. The highest BCUT2D eigenvalue weighted by Gasteiger charge is 2.26. The summed E-state index contributed by atoms with van der Waals surface area (Å²) in [6, 6.07) is 9.00. The van der Waals surface area contributed by atoms with E-state index in [-0.39, 0.29) is 22.9 Å². The minimum absolute atomic E-state index is 0.146. The number of likely N-dealkylation sites (N-methyl/N-ethyl adjacent to an activating group) is 1. The Kier molecular flexibility index (Phi) is 4.14. The Labute approximate surface area is 124 Å². The number of aromatic nitrogens is 2. The molecule has 5 heteroatoms. The number of para-hydroxylation sites is 1. The van der Waals surface area contributed by atoms with Gasteiger partial charge in [0.25, 0.3) is 5.56 Å². The first kappa shape index (κ1) is 15.3. The highest BCUT2D eigenvalue weighted by atomic mass is 16.2. The molecular weight excluding hydrogens is 266 g/mol. The predicted octanol–water partition coefficient (Wildman–Crippen LogP) is 1.62. The Balaban J connectivity index is 2.62. The number of ketones is 1. The molecule has 0 radical (unpaired) electrons. The molecule has 0 saturated carbocycles. The first-order chi connectivity index (χ1) is 9.86. The van der Waals surface area contributed by atoms with Crippen LogP contribution < -0.4 is 5.56 Å². The van der Waals surface area contributed by atoms with E-state index in [1.54, 1.807) is 30.5 Å². The van der Waals surface area contributed by atoms with Crippen molar-refractivity contribution in [1.82, 2.24) is 14.3 Å². The molecule has 1 atom stereocenters. The van der Waals surface area contributed by atoms with Gasteiger partial charge in [-0.05, 0) is 40.1 Å². The van der Waals surface area contributed by atoms with Gasteiger partial charge < -0.3 is 0 Å². The molecule has 1 aromatic heterocycles. The largest absolute Gasteiger partial charge is 0.300 e. The van der Waals surface area contributed by atoms with Crippen molar-refractivity contribution in [3.05, 3.63) is 51.9 Å². The van der Waals surface area contributed by atoms with Crippen molar-refractivity contribution >= 4 is 5.78 Å². The van der Waals surface area contributed by atoms with Gasteiger partial charge in [-0.1, -0.05) is 18.2 Å². The first-order valence-electron chi connectivity index (χ1n) is 6.91. The Bertz CT molecular complexity index is 711. The fourth-order valence-electron chi connectivity index (χ4n) is 2.30. The zero-order valence-corrected chi connectivity index (χ0v) is 13.1. The van der Waals surface area contributed by atoms with E-state index in [0.717, 1.165) is 5.69 Å². The number of carbonyl (C=O) groups excluding carboxylic acids is 1. The fourth-order valence-corrected chi connectivity index (χ4v) is 2.30. The Hall–Kier alpha value is -2.14. The van der Waals surface area contributed by atoms with E-state index in [4.69, 9.17) is 0 Å². The van der Waals surface area contributed by atoms with Crippen molar-refractivity contribution in [3.8, 4) is 5.69 Å². The van der Waals surface area contributed by atoms with Crippen LogP contribution in [0, 0.1) is 6.92 Å². The fraction of sp³-hybridized carbons (Fsp3) is 0.375. The van der Waals surface area contributed by atoms with Crippen molar-refractivity contribution in [2.24, 2.45) is 7.05 Å². The van der Waals surface area contributed by atoms with Gasteiger partial charge in [0.1, 0.15) is 5.56 Å². The molecule has 0 saturated heterocycles. The quantitative estimate of drug-likeness (QED) is 0.803. The smallest absolute Gasteiger partial charge is 0.282 e. The summed E-state index contributed by atoms with van der Waals surface area (Å²) in [4.78, 5) is 27.0. The maximum atomic E-state index is 12.7. The van der Waals surface area contributed by atoms with E-state index in [2.05, 4.69) is 0 Å². The lowest BCUT2D eigenvalue weighted by atomic mass is 10.1. The van der Waals surface area contributed by atoms with Crippen LogP contribution in [-0.2, 0) is 7.05 Å².